The van der Waals surface area contributed by atoms with Crippen molar-refractivity contribution in [2.24, 2.45) is 17.1 Å². The summed E-state index contributed by atoms with van der Waals surface area (Å²) in [5.74, 6) is 0.758. The van der Waals surface area contributed by atoms with E-state index in [1.54, 1.807) is 0 Å². The Bertz CT molecular complexity index is 117. The van der Waals surface area contributed by atoms with E-state index < -0.39 is 0 Å². The SMILES string of the molecule is CC(C)(CN)C[C@@H]1CCOC1. The fraction of sp³-hybridized carbons (Fsp3) is 1.00. The highest BCUT2D eigenvalue weighted by Crippen LogP contribution is 2.28. The molecule has 0 amide bonds. The van der Waals surface area contributed by atoms with Crippen molar-refractivity contribution in [3.8, 4) is 0 Å². The summed E-state index contributed by atoms with van der Waals surface area (Å²) in [5, 5.41) is 0. The fourth-order valence-electron chi connectivity index (χ4n) is 1.61. The Hall–Kier alpha value is -0.0800. The third kappa shape index (κ3) is 2.80. The van der Waals surface area contributed by atoms with Crippen LogP contribution in [0.1, 0.15) is 26.7 Å². The molecule has 0 spiro atoms. The molecule has 2 nitrogen and oxygen atoms in total. The molecule has 1 aliphatic heterocycles. The molecule has 2 heteroatoms. The van der Waals surface area contributed by atoms with Crippen LogP contribution in [0.2, 0.25) is 0 Å². The first kappa shape index (κ1) is 9.01. The van der Waals surface area contributed by atoms with Crippen molar-refractivity contribution in [2.75, 3.05) is 19.8 Å². The Morgan fingerprint density at radius 3 is 2.73 bits per heavy atom. The summed E-state index contributed by atoms with van der Waals surface area (Å²) in [6.07, 6.45) is 2.44. The first-order valence-corrected chi connectivity index (χ1v) is 4.42. The van der Waals surface area contributed by atoms with Gasteiger partial charge in [-0.2, -0.15) is 0 Å². The summed E-state index contributed by atoms with van der Waals surface area (Å²) < 4.78 is 5.31. The van der Waals surface area contributed by atoms with Crippen molar-refractivity contribution in [2.45, 2.75) is 26.7 Å². The Balaban J connectivity index is 2.28. The minimum absolute atomic E-state index is 0.304. The van der Waals surface area contributed by atoms with Crippen LogP contribution in [0.4, 0.5) is 0 Å². The second-order valence-electron chi connectivity index (χ2n) is 4.30. The Kier molecular flexibility index (Phi) is 2.90. The van der Waals surface area contributed by atoms with Crippen LogP contribution in [-0.4, -0.2) is 19.8 Å². The van der Waals surface area contributed by atoms with Crippen molar-refractivity contribution in [3.05, 3.63) is 0 Å². The topological polar surface area (TPSA) is 35.2 Å². The Morgan fingerprint density at radius 1 is 1.55 bits per heavy atom. The summed E-state index contributed by atoms with van der Waals surface area (Å²) in [7, 11) is 0. The van der Waals surface area contributed by atoms with E-state index in [2.05, 4.69) is 13.8 Å². The third-order valence-corrected chi connectivity index (χ3v) is 2.42. The van der Waals surface area contributed by atoms with Crippen molar-refractivity contribution in [1.82, 2.24) is 0 Å². The lowest BCUT2D eigenvalue weighted by molar-refractivity contribution is 0.171. The molecule has 1 saturated heterocycles. The highest BCUT2D eigenvalue weighted by atomic mass is 16.5. The molecule has 11 heavy (non-hydrogen) atoms. The predicted octanol–water partition coefficient (Wildman–Crippen LogP) is 1.40. The molecule has 0 unspecified atom stereocenters. The zero-order valence-corrected chi connectivity index (χ0v) is 7.60. The first-order valence-electron chi connectivity index (χ1n) is 4.42. The number of hydrogen-bond acceptors (Lipinski definition) is 2. The van der Waals surface area contributed by atoms with Gasteiger partial charge in [0.15, 0.2) is 0 Å². The monoisotopic (exact) mass is 157 g/mol. The lowest BCUT2D eigenvalue weighted by atomic mass is 9.82. The van der Waals surface area contributed by atoms with E-state index in [9.17, 15) is 0 Å². The van der Waals surface area contributed by atoms with Gasteiger partial charge in [-0.25, -0.2) is 0 Å². The molecule has 0 aromatic rings. The number of ether oxygens (including phenoxy) is 1. The van der Waals surface area contributed by atoms with Crippen LogP contribution in [0.15, 0.2) is 0 Å². The van der Waals surface area contributed by atoms with Gasteiger partial charge in [0.1, 0.15) is 0 Å². The van der Waals surface area contributed by atoms with E-state index in [-0.39, 0.29) is 0 Å². The molecule has 1 aliphatic rings. The smallest absolute Gasteiger partial charge is 0.0495 e. The molecule has 1 atom stereocenters. The van der Waals surface area contributed by atoms with Gasteiger partial charge in [0, 0.05) is 13.2 Å². The van der Waals surface area contributed by atoms with Gasteiger partial charge in [-0.15, -0.1) is 0 Å². The maximum Gasteiger partial charge on any atom is 0.0495 e. The quantitative estimate of drug-likeness (QED) is 0.672. The summed E-state index contributed by atoms with van der Waals surface area (Å²) in [6, 6.07) is 0. The van der Waals surface area contributed by atoms with Crippen molar-refractivity contribution >= 4 is 0 Å². The summed E-state index contributed by atoms with van der Waals surface area (Å²) in [4.78, 5) is 0. The summed E-state index contributed by atoms with van der Waals surface area (Å²) in [6.45, 7) is 7.13. The van der Waals surface area contributed by atoms with E-state index >= 15 is 0 Å². The molecule has 0 saturated carbocycles. The molecule has 0 aliphatic carbocycles. The van der Waals surface area contributed by atoms with Crippen LogP contribution in [0.3, 0.4) is 0 Å². The van der Waals surface area contributed by atoms with E-state index in [1.165, 1.54) is 12.8 Å². The van der Waals surface area contributed by atoms with Crippen LogP contribution in [0.25, 0.3) is 0 Å². The first-order chi connectivity index (χ1) is 5.14. The molecular formula is C9H19NO. The van der Waals surface area contributed by atoms with Crippen molar-refractivity contribution in [1.29, 1.82) is 0 Å². The lowest BCUT2D eigenvalue weighted by Gasteiger charge is -2.25. The van der Waals surface area contributed by atoms with Crippen molar-refractivity contribution < 1.29 is 4.74 Å². The zero-order valence-electron chi connectivity index (χ0n) is 7.60. The third-order valence-electron chi connectivity index (χ3n) is 2.42. The van der Waals surface area contributed by atoms with Gasteiger partial charge >= 0.3 is 0 Å². The summed E-state index contributed by atoms with van der Waals surface area (Å²) in [5.41, 5.74) is 5.95. The highest BCUT2D eigenvalue weighted by Gasteiger charge is 2.24. The van der Waals surface area contributed by atoms with Crippen LogP contribution in [0, 0.1) is 11.3 Å². The van der Waals surface area contributed by atoms with Gasteiger partial charge in [0.25, 0.3) is 0 Å². The largest absolute Gasteiger partial charge is 0.381 e. The standard InChI is InChI=1S/C9H19NO/c1-9(2,7-10)5-8-3-4-11-6-8/h8H,3-7,10H2,1-2H3/t8-/m0/s1. The molecule has 1 rings (SSSR count). The van der Waals surface area contributed by atoms with Crippen LogP contribution >= 0.6 is 0 Å². The van der Waals surface area contributed by atoms with E-state index in [0.29, 0.717) is 5.41 Å². The minimum atomic E-state index is 0.304. The number of hydrogen-bond donors (Lipinski definition) is 1. The number of nitrogens with two attached hydrogens (primary N) is 1. The van der Waals surface area contributed by atoms with Crippen molar-refractivity contribution in [3.63, 3.8) is 0 Å². The Labute approximate surface area is 69.1 Å². The van der Waals surface area contributed by atoms with Gasteiger partial charge in [-0.3, -0.25) is 0 Å². The van der Waals surface area contributed by atoms with Gasteiger partial charge in [-0.05, 0) is 30.7 Å². The Morgan fingerprint density at radius 2 is 2.27 bits per heavy atom. The lowest BCUT2D eigenvalue weighted by Crippen LogP contribution is -2.26. The van der Waals surface area contributed by atoms with Crippen LogP contribution in [-0.2, 0) is 4.74 Å². The van der Waals surface area contributed by atoms with E-state index in [1.807, 2.05) is 0 Å². The fourth-order valence-corrected chi connectivity index (χ4v) is 1.61. The van der Waals surface area contributed by atoms with Gasteiger partial charge < -0.3 is 10.5 Å². The molecule has 0 aromatic carbocycles. The van der Waals surface area contributed by atoms with Gasteiger partial charge in [0.2, 0.25) is 0 Å². The van der Waals surface area contributed by atoms with Gasteiger partial charge in [0.05, 0.1) is 0 Å². The average molecular weight is 157 g/mol. The minimum Gasteiger partial charge on any atom is -0.381 e. The predicted molar refractivity (Wildman–Crippen MR) is 46.4 cm³/mol. The molecular weight excluding hydrogens is 138 g/mol. The normalized spacial score (nSPS) is 25.9. The van der Waals surface area contributed by atoms with Crippen LogP contribution in [0.5, 0.6) is 0 Å². The molecule has 66 valence electrons. The average Bonchev–Trinajstić information content (AvgIpc) is 2.39. The number of rotatable bonds is 3. The molecule has 1 heterocycles. The molecule has 0 aromatic heterocycles. The molecule has 2 N–H and O–H groups in total. The highest BCUT2D eigenvalue weighted by molar-refractivity contribution is 4.76. The molecule has 1 fully saturated rings. The maximum absolute atomic E-state index is 5.64. The van der Waals surface area contributed by atoms with Crippen LogP contribution < -0.4 is 5.73 Å². The second-order valence-corrected chi connectivity index (χ2v) is 4.30. The van der Waals surface area contributed by atoms with E-state index in [4.69, 9.17) is 10.5 Å². The second kappa shape index (κ2) is 3.55. The summed E-state index contributed by atoms with van der Waals surface area (Å²) >= 11 is 0. The molecule has 0 radical (unpaired) electrons. The van der Waals surface area contributed by atoms with E-state index in [0.717, 1.165) is 25.7 Å². The maximum atomic E-state index is 5.64. The zero-order chi connectivity index (χ0) is 8.32. The molecule has 0 bridgehead atoms. The van der Waals surface area contributed by atoms with Gasteiger partial charge in [-0.1, -0.05) is 13.8 Å².